The molecule has 1 heterocycles. The van der Waals surface area contributed by atoms with Crippen molar-refractivity contribution in [2.75, 3.05) is 13.1 Å². The molecule has 0 radical (unpaired) electrons. The topological polar surface area (TPSA) is 24.1 Å². The summed E-state index contributed by atoms with van der Waals surface area (Å²) in [5, 5.41) is 6.90. The first kappa shape index (κ1) is 13.0. The molecule has 0 amide bonds. The van der Waals surface area contributed by atoms with Gasteiger partial charge in [0.25, 0.3) is 0 Å². The first-order chi connectivity index (χ1) is 8.25. The molecule has 4 heteroatoms. The summed E-state index contributed by atoms with van der Waals surface area (Å²) in [6, 6.07) is 5.37. The normalized spacial score (nSPS) is 21.2. The van der Waals surface area contributed by atoms with E-state index in [1.807, 2.05) is 0 Å². The molecule has 0 spiro atoms. The number of hydrogen-bond acceptors (Lipinski definition) is 2. The Hall–Kier alpha value is -0.450. The van der Waals surface area contributed by atoms with E-state index in [4.69, 9.17) is 0 Å². The van der Waals surface area contributed by atoms with Crippen LogP contribution in [-0.2, 0) is 6.54 Å². The van der Waals surface area contributed by atoms with Crippen LogP contribution in [0.5, 0.6) is 0 Å². The van der Waals surface area contributed by atoms with E-state index in [1.165, 1.54) is 18.9 Å². The highest BCUT2D eigenvalue weighted by Gasteiger charge is 2.11. The van der Waals surface area contributed by atoms with Gasteiger partial charge >= 0.3 is 0 Å². The van der Waals surface area contributed by atoms with Crippen LogP contribution in [0, 0.1) is 5.82 Å². The molecule has 1 aromatic rings. The molecule has 1 aliphatic rings. The third kappa shape index (κ3) is 4.05. The molecule has 0 saturated carbocycles. The zero-order chi connectivity index (χ0) is 12.1. The average Bonchev–Trinajstić information content (AvgIpc) is 2.59. The van der Waals surface area contributed by atoms with Crippen LogP contribution in [0.3, 0.4) is 0 Å². The molecule has 94 valence electrons. The van der Waals surface area contributed by atoms with Gasteiger partial charge in [0.05, 0.1) is 0 Å². The fraction of sp³-hybridized carbons (Fsp3) is 0.538. The van der Waals surface area contributed by atoms with Gasteiger partial charge < -0.3 is 10.6 Å². The van der Waals surface area contributed by atoms with Crippen molar-refractivity contribution in [2.24, 2.45) is 0 Å². The van der Waals surface area contributed by atoms with Crippen molar-refractivity contribution in [1.82, 2.24) is 10.6 Å². The Morgan fingerprint density at radius 2 is 2.24 bits per heavy atom. The first-order valence-electron chi connectivity index (χ1n) is 6.14. The summed E-state index contributed by atoms with van der Waals surface area (Å²) in [5.74, 6) is -0.174. The zero-order valence-corrected chi connectivity index (χ0v) is 11.4. The largest absolute Gasteiger partial charge is 0.317 e. The van der Waals surface area contributed by atoms with E-state index in [0.717, 1.165) is 36.1 Å². The minimum atomic E-state index is -0.174. The lowest BCUT2D eigenvalue weighted by atomic mass is 10.1. The second-order valence-corrected chi connectivity index (χ2v) is 5.35. The van der Waals surface area contributed by atoms with Crippen molar-refractivity contribution in [3.63, 3.8) is 0 Å². The summed E-state index contributed by atoms with van der Waals surface area (Å²) >= 11 is 3.45. The highest BCUT2D eigenvalue weighted by molar-refractivity contribution is 9.10. The summed E-state index contributed by atoms with van der Waals surface area (Å²) in [6.45, 7) is 2.91. The predicted molar refractivity (Wildman–Crippen MR) is 71.4 cm³/mol. The van der Waals surface area contributed by atoms with Gasteiger partial charge in [-0.25, -0.2) is 4.39 Å². The van der Waals surface area contributed by atoms with Crippen molar-refractivity contribution in [2.45, 2.75) is 31.8 Å². The van der Waals surface area contributed by atoms with Gasteiger partial charge in [0.2, 0.25) is 0 Å². The number of benzene rings is 1. The highest BCUT2D eigenvalue weighted by atomic mass is 79.9. The molecule has 1 unspecified atom stereocenters. The van der Waals surface area contributed by atoms with Gasteiger partial charge in [-0.2, -0.15) is 0 Å². The van der Waals surface area contributed by atoms with Crippen LogP contribution < -0.4 is 10.6 Å². The number of rotatable bonds is 3. The maximum absolute atomic E-state index is 13.1. The Balaban J connectivity index is 1.89. The van der Waals surface area contributed by atoms with E-state index in [1.54, 1.807) is 12.1 Å². The van der Waals surface area contributed by atoms with Gasteiger partial charge in [0.1, 0.15) is 5.82 Å². The third-order valence-electron chi connectivity index (χ3n) is 3.16. The van der Waals surface area contributed by atoms with Crippen LogP contribution in [0.4, 0.5) is 4.39 Å². The lowest BCUT2D eigenvalue weighted by Crippen LogP contribution is -2.29. The molecule has 0 bridgehead atoms. The molecule has 2 N–H and O–H groups in total. The maximum atomic E-state index is 13.1. The lowest BCUT2D eigenvalue weighted by Gasteiger charge is -2.16. The van der Waals surface area contributed by atoms with E-state index < -0.39 is 0 Å². The molecule has 0 aliphatic carbocycles. The van der Waals surface area contributed by atoms with Gasteiger partial charge in [-0.3, -0.25) is 0 Å². The molecule has 1 atom stereocenters. The van der Waals surface area contributed by atoms with Gasteiger partial charge in [-0.1, -0.05) is 15.9 Å². The van der Waals surface area contributed by atoms with Crippen LogP contribution in [0.1, 0.15) is 24.8 Å². The van der Waals surface area contributed by atoms with Crippen LogP contribution in [0.25, 0.3) is 0 Å². The van der Waals surface area contributed by atoms with Crippen LogP contribution in [0.2, 0.25) is 0 Å². The van der Waals surface area contributed by atoms with Gasteiger partial charge in [0.15, 0.2) is 0 Å². The molecule has 1 aromatic carbocycles. The first-order valence-corrected chi connectivity index (χ1v) is 6.93. The SMILES string of the molecule is Fc1ccc(Br)c(CNC2CCCNCC2)c1. The van der Waals surface area contributed by atoms with E-state index in [9.17, 15) is 4.39 Å². The van der Waals surface area contributed by atoms with Crippen molar-refractivity contribution in [3.8, 4) is 0 Å². The van der Waals surface area contributed by atoms with E-state index in [2.05, 4.69) is 26.6 Å². The summed E-state index contributed by atoms with van der Waals surface area (Å²) in [4.78, 5) is 0. The third-order valence-corrected chi connectivity index (χ3v) is 3.94. The summed E-state index contributed by atoms with van der Waals surface area (Å²) in [7, 11) is 0. The smallest absolute Gasteiger partial charge is 0.123 e. The van der Waals surface area contributed by atoms with E-state index in [-0.39, 0.29) is 5.82 Å². The highest BCUT2D eigenvalue weighted by Crippen LogP contribution is 2.18. The average molecular weight is 301 g/mol. The predicted octanol–water partition coefficient (Wildman–Crippen LogP) is 2.82. The minimum absolute atomic E-state index is 0.174. The molecule has 2 nitrogen and oxygen atoms in total. The van der Waals surface area contributed by atoms with Crippen LogP contribution >= 0.6 is 15.9 Å². The van der Waals surface area contributed by atoms with Gasteiger partial charge in [-0.05, 0) is 56.1 Å². The Kier molecular flexibility index (Phi) is 4.95. The fourth-order valence-electron chi connectivity index (χ4n) is 2.16. The molecular weight excluding hydrogens is 283 g/mol. The second kappa shape index (κ2) is 6.47. The number of hydrogen-bond donors (Lipinski definition) is 2. The Morgan fingerprint density at radius 1 is 1.35 bits per heavy atom. The summed E-state index contributed by atoms with van der Waals surface area (Å²) < 4.78 is 14.1. The summed E-state index contributed by atoms with van der Waals surface area (Å²) in [5.41, 5.74) is 0.988. The number of nitrogens with one attached hydrogen (secondary N) is 2. The molecule has 2 rings (SSSR count). The van der Waals surface area contributed by atoms with E-state index in [0.29, 0.717) is 6.04 Å². The molecule has 1 saturated heterocycles. The van der Waals surface area contributed by atoms with Crippen molar-refractivity contribution < 1.29 is 4.39 Å². The molecule has 0 aromatic heterocycles. The fourth-order valence-corrected chi connectivity index (χ4v) is 2.54. The van der Waals surface area contributed by atoms with Crippen molar-refractivity contribution >= 4 is 15.9 Å². The molecular formula is C13H18BrFN2. The Bertz CT molecular complexity index is 362. The van der Waals surface area contributed by atoms with Crippen molar-refractivity contribution in [1.29, 1.82) is 0 Å². The Morgan fingerprint density at radius 3 is 3.12 bits per heavy atom. The summed E-state index contributed by atoms with van der Waals surface area (Å²) in [6.07, 6.45) is 3.55. The van der Waals surface area contributed by atoms with Gasteiger partial charge in [-0.15, -0.1) is 0 Å². The standard InChI is InChI=1S/C13H18BrFN2/c14-13-4-3-11(15)8-10(13)9-17-12-2-1-6-16-7-5-12/h3-4,8,12,16-17H,1-2,5-7,9H2. The molecule has 1 fully saturated rings. The molecule has 1 aliphatic heterocycles. The van der Waals surface area contributed by atoms with Gasteiger partial charge in [0, 0.05) is 17.1 Å². The lowest BCUT2D eigenvalue weighted by molar-refractivity contribution is 0.467. The monoisotopic (exact) mass is 300 g/mol. The minimum Gasteiger partial charge on any atom is -0.317 e. The van der Waals surface area contributed by atoms with Crippen molar-refractivity contribution in [3.05, 3.63) is 34.1 Å². The van der Waals surface area contributed by atoms with Crippen LogP contribution in [0.15, 0.2) is 22.7 Å². The number of halogens is 2. The quantitative estimate of drug-likeness (QED) is 0.897. The zero-order valence-electron chi connectivity index (χ0n) is 9.81. The Labute approximate surface area is 110 Å². The van der Waals surface area contributed by atoms with Crippen LogP contribution in [-0.4, -0.2) is 19.1 Å². The second-order valence-electron chi connectivity index (χ2n) is 4.49. The molecule has 17 heavy (non-hydrogen) atoms. The van der Waals surface area contributed by atoms with E-state index >= 15 is 0 Å². The maximum Gasteiger partial charge on any atom is 0.123 e.